The van der Waals surface area contributed by atoms with E-state index in [4.69, 9.17) is 0 Å². The summed E-state index contributed by atoms with van der Waals surface area (Å²) in [5, 5.41) is 4.51. The Balaban J connectivity index is 1.60. The lowest BCUT2D eigenvalue weighted by Crippen LogP contribution is -2.39. The molecule has 0 spiro atoms. The van der Waals surface area contributed by atoms with Gasteiger partial charge < -0.3 is 9.80 Å². The second-order valence-electron chi connectivity index (χ2n) is 8.12. The highest BCUT2D eigenvalue weighted by atomic mass is 16.2. The van der Waals surface area contributed by atoms with Crippen molar-refractivity contribution >= 4 is 17.5 Å². The highest BCUT2D eigenvalue weighted by molar-refractivity contribution is 5.78. The van der Waals surface area contributed by atoms with Crippen molar-refractivity contribution in [3.05, 3.63) is 28.7 Å². The molecule has 8 heteroatoms. The lowest BCUT2D eigenvalue weighted by Gasteiger charge is -2.23. The Morgan fingerprint density at radius 1 is 1.10 bits per heavy atom. The Morgan fingerprint density at radius 2 is 1.86 bits per heavy atom. The number of rotatable bonds is 5. The minimum Gasteiger partial charge on any atom is -0.348 e. The zero-order valence-corrected chi connectivity index (χ0v) is 18.2. The minimum atomic E-state index is 0.104. The van der Waals surface area contributed by atoms with E-state index in [0.29, 0.717) is 25.9 Å². The molecule has 0 unspecified atom stereocenters. The maximum atomic E-state index is 12.8. The van der Waals surface area contributed by atoms with Crippen molar-refractivity contribution in [3.8, 4) is 0 Å². The Kier molecular flexibility index (Phi) is 6.52. The lowest BCUT2D eigenvalue weighted by molar-refractivity contribution is -0.131. The molecule has 8 nitrogen and oxygen atoms in total. The first kappa shape index (κ1) is 21.2. The molecule has 158 valence electrons. The molecule has 0 aromatic carbocycles. The molecule has 0 saturated carbocycles. The number of nitrogens with zero attached hydrogens (tertiary/aromatic N) is 6. The van der Waals surface area contributed by atoms with Crippen LogP contribution < -0.4 is 0 Å². The summed E-state index contributed by atoms with van der Waals surface area (Å²) in [6.45, 7) is 9.43. The van der Waals surface area contributed by atoms with Crippen molar-refractivity contribution in [1.29, 1.82) is 0 Å². The predicted molar refractivity (Wildman–Crippen MR) is 112 cm³/mol. The predicted octanol–water partition coefficient (Wildman–Crippen LogP) is 1.21. The van der Waals surface area contributed by atoms with Gasteiger partial charge in [0.15, 0.2) is 5.65 Å². The summed E-state index contributed by atoms with van der Waals surface area (Å²) in [7, 11) is 3.55. The van der Waals surface area contributed by atoms with E-state index in [-0.39, 0.29) is 11.8 Å². The van der Waals surface area contributed by atoms with Crippen LogP contribution in [0.4, 0.5) is 0 Å². The highest BCUT2D eigenvalue weighted by Gasteiger charge is 2.21. The third-order valence-corrected chi connectivity index (χ3v) is 5.67. The Hall–Kier alpha value is -2.48. The number of likely N-dealkylation sites (N-methyl/N-ethyl adjacent to an activating group) is 1. The van der Waals surface area contributed by atoms with Crippen LogP contribution in [-0.2, 0) is 16.0 Å². The van der Waals surface area contributed by atoms with Crippen LogP contribution in [0.5, 0.6) is 0 Å². The molecular formula is C21H32N6O2. The molecule has 2 amide bonds. The van der Waals surface area contributed by atoms with Crippen LogP contribution in [0.1, 0.15) is 35.5 Å². The monoisotopic (exact) mass is 400 g/mol. The van der Waals surface area contributed by atoms with Gasteiger partial charge in [-0.2, -0.15) is 5.10 Å². The first-order valence-corrected chi connectivity index (χ1v) is 10.3. The van der Waals surface area contributed by atoms with Crippen LogP contribution in [-0.4, -0.2) is 87.9 Å². The summed E-state index contributed by atoms with van der Waals surface area (Å²) in [6, 6.07) is 1.97. The molecule has 2 aromatic rings. The topological polar surface area (TPSA) is 74.1 Å². The molecule has 0 bridgehead atoms. The number of aryl methyl sites for hydroxylation is 3. The van der Waals surface area contributed by atoms with Gasteiger partial charge in [-0.15, -0.1) is 0 Å². The summed E-state index contributed by atoms with van der Waals surface area (Å²) in [5.41, 5.74) is 4.91. The third kappa shape index (κ3) is 4.93. The summed E-state index contributed by atoms with van der Waals surface area (Å²) < 4.78 is 1.87. The molecule has 0 aliphatic carbocycles. The molecule has 2 aromatic heterocycles. The maximum Gasteiger partial charge on any atom is 0.236 e. The van der Waals surface area contributed by atoms with Crippen molar-refractivity contribution < 1.29 is 9.59 Å². The average molecular weight is 401 g/mol. The number of carbonyl (C=O) groups is 2. The molecule has 1 aliphatic rings. The Labute approximate surface area is 172 Å². The van der Waals surface area contributed by atoms with Gasteiger partial charge in [0.05, 0.1) is 12.2 Å². The standard InChI is InChI=1S/C21H32N6O2/c1-15-13-19-22-16(2)18(17(3)27(19)23-15)7-8-20(28)26-10-6-9-25(11-12-26)14-21(29)24(4)5/h13H,6-12,14H2,1-5H3. The highest BCUT2D eigenvalue weighted by Crippen LogP contribution is 2.18. The first-order chi connectivity index (χ1) is 13.8. The smallest absolute Gasteiger partial charge is 0.236 e. The van der Waals surface area contributed by atoms with E-state index in [0.717, 1.165) is 54.3 Å². The number of hydrogen-bond donors (Lipinski definition) is 0. The summed E-state index contributed by atoms with van der Waals surface area (Å²) in [4.78, 5) is 35.1. The molecule has 3 rings (SSSR count). The second-order valence-corrected chi connectivity index (χ2v) is 8.12. The van der Waals surface area contributed by atoms with E-state index >= 15 is 0 Å². The Morgan fingerprint density at radius 3 is 2.59 bits per heavy atom. The lowest BCUT2D eigenvalue weighted by atomic mass is 10.1. The van der Waals surface area contributed by atoms with E-state index in [1.54, 1.807) is 19.0 Å². The summed E-state index contributed by atoms with van der Waals surface area (Å²) >= 11 is 0. The minimum absolute atomic E-state index is 0.104. The van der Waals surface area contributed by atoms with Gasteiger partial charge in [0.25, 0.3) is 0 Å². The van der Waals surface area contributed by atoms with Gasteiger partial charge in [0, 0.05) is 64.1 Å². The molecule has 3 heterocycles. The molecule has 0 atom stereocenters. The molecule has 0 N–H and O–H groups in total. The number of hydrogen-bond acceptors (Lipinski definition) is 5. The Bertz CT molecular complexity index is 904. The van der Waals surface area contributed by atoms with Crippen LogP contribution in [0.15, 0.2) is 6.07 Å². The zero-order valence-electron chi connectivity index (χ0n) is 18.2. The SMILES string of the molecule is Cc1cc2nc(C)c(CCC(=O)N3CCCN(CC(=O)N(C)C)CC3)c(C)n2n1. The fourth-order valence-electron chi connectivity index (χ4n) is 3.90. The number of fused-ring (bicyclic) bond motifs is 1. The van der Waals surface area contributed by atoms with Gasteiger partial charge >= 0.3 is 0 Å². The normalized spacial score (nSPS) is 15.6. The fraction of sp³-hybridized carbons (Fsp3) is 0.619. The summed E-state index contributed by atoms with van der Waals surface area (Å²) in [6.07, 6.45) is 2.02. The van der Waals surface area contributed by atoms with Gasteiger partial charge in [-0.25, -0.2) is 9.50 Å². The number of amides is 2. The largest absolute Gasteiger partial charge is 0.348 e. The van der Waals surface area contributed by atoms with E-state index < -0.39 is 0 Å². The zero-order chi connectivity index (χ0) is 21.1. The molecule has 1 saturated heterocycles. The molecule has 1 fully saturated rings. The second kappa shape index (κ2) is 8.90. The van der Waals surface area contributed by atoms with Gasteiger partial charge in [0.1, 0.15) is 0 Å². The van der Waals surface area contributed by atoms with Crippen LogP contribution in [0, 0.1) is 20.8 Å². The summed E-state index contributed by atoms with van der Waals surface area (Å²) in [5.74, 6) is 0.272. The molecular weight excluding hydrogens is 368 g/mol. The van der Waals surface area contributed by atoms with E-state index in [2.05, 4.69) is 15.0 Å². The van der Waals surface area contributed by atoms with E-state index in [9.17, 15) is 9.59 Å². The van der Waals surface area contributed by atoms with Gasteiger partial charge in [0.2, 0.25) is 11.8 Å². The number of aromatic nitrogens is 3. The van der Waals surface area contributed by atoms with Crippen LogP contribution in [0.25, 0.3) is 5.65 Å². The average Bonchev–Trinajstić information content (AvgIpc) is 2.87. The van der Waals surface area contributed by atoms with Gasteiger partial charge in [-0.3, -0.25) is 14.5 Å². The van der Waals surface area contributed by atoms with Crippen LogP contribution in [0.3, 0.4) is 0 Å². The first-order valence-electron chi connectivity index (χ1n) is 10.3. The third-order valence-electron chi connectivity index (χ3n) is 5.67. The van der Waals surface area contributed by atoms with Crippen LogP contribution >= 0.6 is 0 Å². The molecule has 29 heavy (non-hydrogen) atoms. The quantitative estimate of drug-likeness (QED) is 0.754. The van der Waals surface area contributed by atoms with Crippen molar-refractivity contribution in [2.24, 2.45) is 0 Å². The van der Waals surface area contributed by atoms with Crippen molar-refractivity contribution in [3.63, 3.8) is 0 Å². The molecule has 1 aliphatic heterocycles. The maximum absolute atomic E-state index is 12.8. The van der Waals surface area contributed by atoms with Crippen molar-refractivity contribution in [1.82, 2.24) is 29.3 Å². The van der Waals surface area contributed by atoms with Crippen molar-refractivity contribution in [2.75, 3.05) is 46.8 Å². The van der Waals surface area contributed by atoms with E-state index in [1.807, 2.05) is 36.3 Å². The number of carbonyl (C=O) groups excluding carboxylic acids is 2. The fourth-order valence-corrected chi connectivity index (χ4v) is 3.90. The van der Waals surface area contributed by atoms with Gasteiger partial charge in [-0.1, -0.05) is 0 Å². The molecule has 0 radical (unpaired) electrons. The van der Waals surface area contributed by atoms with Crippen LogP contribution in [0.2, 0.25) is 0 Å². The van der Waals surface area contributed by atoms with Gasteiger partial charge in [-0.05, 0) is 39.2 Å². The van der Waals surface area contributed by atoms with Crippen molar-refractivity contribution in [2.45, 2.75) is 40.0 Å². The van der Waals surface area contributed by atoms with E-state index in [1.165, 1.54) is 0 Å².